The van der Waals surface area contributed by atoms with E-state index in [1.165, 1.54) is 17.0 Å². The van der Waals surface area contributed by atoms with Crippen LogP contribution in [0.15, 0.2) is 53.3 Å². The lowest BCUT2D eigenvalue weighted by Gasteiger charge is -2.26. The van der Waals surface area contributed by atoms with E-state index < -0.39 is 11.5 Å². The number of aliphatic carboxylic acids is 1. The number of ether oxygens (including phenoxy) is 1. The Morgan fingerprint density at radius 2 is 1.97 bits per heavy atom. The van der Waals surface area contributed by atoms with E-state index in [0.29, 0.717) is 40.4 Å². The number of hydrogen-bond acceptors (Lipinski definition) is 7. The maximum absolute atomic E-state index is 12.1. The molecule has 3 aromatic heterocycles. The Kier molecular flexibility index (Phi) is 6.13. The molecule has 8 nitrogen and oxygen atoms in total. The van der Waals surface area contributed by atoms with E-state index in [2.05, 4.69) is 9.97 Å². The van der Waals surface area contributed by atoms with Crippen LogP contribution in [-0.4, -0.2) is 37.3 Å². The first kappa shape index (κ1) is 22.8. The molecule has 170 valence electrons. The molecule has 10 heteroatoms. The van der Waals surface area contributed by atoms with Crippen molar-refractivity contribution in [2.75, 3.05) is 7.11 Å². The largest absolute Gasteiger partial charge is 0.496 e. The van der Waals surface area contributed by atoms with Gasteiger partial charge in [0.05, 0.1) is 18.8 Å². The minimum atomic E-state index is -1.38. The van der Waals surface area contributed by atoms with E-state index >= 15 is 0 Å². The van der Waals surface area contributed by atoms with Crippen molar-refractivity contribution in [3.63, 3.8) is 0 Å². The average molecular weight is 483 g/mol. The summed E-state index contributed by atoms with van der Waals surface area (Å²) in [5.41, 5.74) is 1.27. The highest BCUT2D eigenvalue weighted by atomic mass is 32.1. The van der Waals surface area contributed by atoms with E-state index in [0.717, 1.165) is 11.3 Å². The average Bonchev–Trinajstić information content (AvgIpc) is 3.34. The van der Waals surface area contributed by atoms with Gasteiger partial charge in [-0.3, -0.25) is 4.57 Å². The lowest BCUT2D eigenvalue weighted by Crippen LogP contribution is -2.38. The molecule has 4 aromatic rings. The number of benzene rings is 1. The van der Waals surface area contributed by atoms with Crippen LogP contribution in [0.3, 0.4) is 0 Å². The SMILES string of the molecule is COc1ccccc1CCn1c(=S)n(C(C)(C)C(=O)O)c(=S)c2nc(-c3ncco3)ccc21. The standard InChI is InChI=1S/C23H22N4O4S2/c1-23(2,21(28)29)27-20(32)18-16(9-8-15(25-18)19-24-11-13-31-19)26(22(27)33)12-10-14-6-4-5-7-17(14)30-3/h4-9,11,13H,10,12H2,1-3H3,(H,28,29). The van der Waals surface area contributed by atoms with Crippen LogP contribution < -0.4 is 4.74 Å². The van der Waals surface area contributed by atoms with E-state index in [1.54, 1.807) is 27.0 Å². The third-order valence-electron chi connectivity index (χ3n) is 5.52. The number of rotatable bonds is 7. The van der Waals surface area contributed by atoms with Crippen LogP contribution in [0.4, 0.5) is 0 Å². The van der Waals surface area contributed by atoms with Gasteiger partial charge in [-0.15, -0.1) is 0 Å². The number of fused-ring (bicyclic) bond motifs is 1. The van der Waals surface area contributed by atoms with Gasteiger partial charge >= 0.3 is 5.97 Å². The van der Waals surface area contributed by atoms with Gasteiger partial charge in [0.25, 0.3) is 0 Å². The molecule has 0 fully saturated rings. The number of aryl methyl sites for hydroxylation is 2. The van der Waals surface area contributed by atoms with Gasteiger partial charge in [-0.05, 0) is 56.2 Å². The number of para-hydroxylation sites is 1. The minimum Gasteiger partial charge on any atom is -0.496 e. The summed E-state index contributed by atoms with van der Waals surface area (Å²) < 4.78 is 14.7. The summed E-state index contributed by atoms with van der Waals surface area (Å²) in [4.78, 5) is 20.9. The van der Waals surface area contributed by atoms with Crippen LogP contribution >= 0.6 is 24.4 Å². The van der Waals surface area contributed by atoms with E-state index in [-0.39, 0.29) is 4.64 Å². The molecule has 0 aliphatic rings. The Balaban J connectivity index is 1.95. The highest BCUT2D eigenvalue weighted by Gasteiger charge is 2.32. The number of carbonyl (C=O) groups is 1. The van der Waals surface area contributed by atoms with Gasteiger partial charge < -0.3 is 18.8 Å². The highest BCUT2D eigenvalue weighted by Crippen LogP contribution is 2.27. The minimum absolute atomic E-state index is 0.240. The molecule has 0 radical (unpaired) electrons. The Morgan fingerprint density at radius 3 is 2.64 bits per heavy atom. The summed E-state index contributed by atoms with van der Waals surface area (Å²) in [6, 6.07) is 11.4. The van der Waals surface area contributed by atoms with Crippen molar-refractivity contribution in [1.29, 1.82) is 0 Å². The first-order valence-corrected chi connectivity index (χ1v) is 11.0. The van der Waals surface area contributed by atoms with Crippen molar-refractivity contribution in [1.82, 2.24) is 19.1 Å². The van der Waals surface area contributed by atoms with Gasteiger partial charge in [0, 0.05) is 6.54 Å². The highest BCUT2D eigenvalue weighted by molar-refractivity contribution is 7.72. The fraction of sp³-hybridized carbons (Fsp3) is 0.261. The van der Waals surface area contributed by atoms with Crippen molar-refractivity contribution >= 4 is 41.4 Å². The first-order valence-electron chi connectivity index (χ1n) is 10.2. The molecule has 3 heterocycles. The predicted molar refractivity (Wildman–Crippen MR) is 129 cm³/mol. The second-order valence-corrected chi connectivity index (χ2v) is 8.65. The van der Waals surface area contributed by atoms with Crippen LogP contribution in [0.5, 0.6) is 5.75 Å². The summed E-state index contributed by atoms with van der Waals surface area (Å²) in [5.74, 6) is 0.0683. The number of methoxy groups -OCH3 is 1. The smallest absolute Gasteiger partial charge is 0.329 e. The number of oxazole rings is 1. The van der Waals surface area contributed by atoms with E-state index in [4.69, 9.17) is 33.6 Å². The molecule has 4 rings (SSSR count). The van der Waals surface area contributed by atoms with E-state index in [1.807, 2.05) is 34.9 Å². The number of carboxylic acid groups (broad SMARTS) is 1. The number of pyridine rings is 1. The molecule has 0 aliphatic carbocycles. The van der Waals surface area contributed by atoms with Crippen LogP contribution in [0.1, 0.15) is 19.4 Å². The molecule has 0 unspecified atom stereocenters. The summed E-state index contributed by atoms with van der Waals surface area (Å²) in [7, 11) is 1.63. The van der Waals surface area contributed by atoms with Crippen molar-refractivity contribution in [3.8, 4) is 17.3 Å². The quantitative estimate of drug-likeness (QED) is 0.367. The van der Waals surface area contributed by atoms with Crippen molar-refractivity contribution in [2.45, 2.75) is 32.4 Å². The Morgan fingerprint density at radius 1 is 1.21 bits per heavy atom. The van der Waals surface area contributed by atoms with Gasteiger partial charge in [-0.25, -0.2) is 14.8 Å². The number of carboxylic acids is 1. The molecule has 0 aliphatic heterocycles. The van der Waals surface area contributed by atoms with Crippen LogP contribution in [-0.2, 0) is 23.3 Å². The first-order chi connectivity index (χ1) is 15.8. The van der Waals surface area contributed by atoms with E-state index in [9.17, 15) is 9.90 Å². The summed E-state index contributed by atoms with van der Waals surface area (Å²) in [6.07, 6.45) is 3.60. The van der Waals surface area contributed by atoms with Crippen molar-refractivity contribution in [3.05, 3.63) is 63.8 Å². The normalized spacial score (nSPS) is 11.6. The molecule has 1 aromatic carbocycles. The Bertz CT molecular complexity index is 1460. The van der Waals surface area contributed by atoms with Crippen LogP contribution in [0.2, 0.25) is 0 Å². The number of hydrogen-bond donors (Lipinski definition) is 1. The van der Waals surface area contributed by atoms with Crippen molar-refractivity contribution in [2.24, 2.45) is 0 Å². The molecule has 0 saturated heterocycles. The molecular formula is C23H22N4O4S2. The van der Waals surface area contributed by atoms with Crippen molar-refractivity contribution < 1.29 is 19.1 Å². The van der Waals surface area contributed by atoms with Gasteiger partial charge in [0.15, 0.2) is 4.77 Å². The zero-order valence-corrected chi connectivity index (χ0v) is 19.9. The summed E-state index contributed by atoms with van der Waals surface area (Å²) in [6.45, 7) is 3.60. The topological polar surface area (TPSA) is 95.3 Å². The molecular weight excluding hydrogens is 460 g/mol. The summed E-state index contributed by atoms with van der Waals surface area (Å²) in [5, 5.41) is 9.90. The van der Waals surface area contributed by atoms with Crippen LogP contribution in [0.25, 0.3) is 22.6 Å². The third-order valence-corrected chi connectivity index (χ3v) is 6.30. The lowest BCUT2D eigenvalue weighted by atomic mass is 10.1. The Labute approximate surface area is 200 Å². The molecule has 0 amide bonds. The number of nitrogens with zero attached hydrogens (tertiary/aromatic N) is 4. The molecule has 1 N–H and O–H groups in total. The maximum atomic E-state index is 12.1. The van der Waals surface area contributed by atoms with Gasteiger partial charge in [-0.2, -0.15) is 0 Å². The summed E-state index contributed by atoms with van der Waals surface area (Å²) >= 11 is 11.5. The second kappa shape index (κ2) is 8.87. The molecule has 0 spiro atoms. The van der Waals surface area contributed by atoms with Gasteiger partial charge in [0.1, 0.15) is 33.4 Å². The molecule has 0 saturated carbocycles. The van der Waals surface area contributed by atoms with Crippen LogP contribution in [0, 0.1) is 9.41 Å². The zero-order chi connectivity index (χ0) is 23.8. The molecule has 0 atom stereocenters. The zero-order valence-electron chi connectivity index (χ0n) is 18.3. The molecule has 33 heavy (non-hydrogen) atoms. The fourth-order valence-corrected chi connectivity index (χ4v) is 4.69. The van der Waals surface area contributed by atoms with Gasteiger partial charge in [-0.1, -0.05) is 30.4 Å². The molecule has 0 bridgehead atoms. The third kappa shape index (κ3) is 4.07. The predicted octanol–water partition coefficient (Wildman–Crippen LogP) is 5.02. The van der Waals surface area contributed by atoms with Gasteiger partial charge in [0.2, 0.25) is 5.89 Å². The maximum Gasteiger partial charge on any atom is 0.329 e. The fourth-order valence-electron chi connectivity index (χ4n) is 3.66. The lowest BCUT2D eigenvalue weighted by molar-refractivity contribution is -0.145. The monoisotopic (exact) mass is 482 g/mol. The second-order valence-electron chi connectivity index (χ2n) is 7.90. The number of aromatic nitrogens is 4. The Hall–Kier alpha value is -3.37.